The SMILES string of the molecule is CCOC(C)(C)c1ccc(C2(c3ccc(C(C)(C)OCN)cc3)C3C=CC=CC3C3C=CC=CC32)cc1. The highest BCUT2D eigenvalue weighted by molar-refractivity contribution is 5.52. The maximum atomic E-state index is 6.07. The lowest BCUT2D eigenvalue weighted by atomic mass is 9.60. The van der Waals surface area contributed by atoms with Crippen LogP contribution >= 0.6 is 0 Å². The molecule has 2 N–H and O–H groups in total. The van der Waals surface area contributed by atoms with Gasteiger partial charge in [-0.25, -0.2) is 0 Å². The topological polar surface area (TPSA) is 44.5 Å². The lowest BCUT2D eigenvalue weighted by Crippen LogP contribution is -2.39. The molecule has 2 aromatic rings. The van der Waals surface area contributed by atoms with Crippen LogP contribution in [0.25, 0.3) is 0 Å². The molecule has 0 radical (unpaired) electrons. The first kappa shape index (κ1) is 25.9. The maximum Gasteiger partial charge on any atom is 0.0952 e. The van der Waals surface area contributed by atoms with E-state index in [-0.39, 0.29) is 17.7 Å². The molecule has 194 valence electrons. The number of hydrogen-bond acceptors (Lipinski definition) is 3. The van der Waals surface area contributed by atoms with Gasteiger partial charge in [-0.05, 0) is 80.5 Å². The van der Waals surface area contributed by atoms with Gasteiger partial charge in [0.1, 0.15) is 0 Å². The molecule has 0 heterocycles. The first-order valence-corrected chi connectivity index (χ1v) is 13.7. The molecule has 1 fully saturated rings. The van der Waals surface area contributed by atoms with E-state index < -0.39 is 5.60 Å². The molecule has 0 amide bonds. The van der Waals surface area contributed by atoms with E-state index in [0.29, 0.717) is 30.3 Å². The fraction of sp³-hybridized carbons (Fsp3) is 0.412. The summed E-state index contributed by atoms with van der Waals surface area (Å²) in [6, 6.07) is 18.4. The molecule has 5 rings (SSSR count). The van der Waals surface area contributed by atoms with Gasteiger partial charge in [-0.3, -0.25) is 0 Å². The minimum Gasteiger partial charge on any atom is -0.371 e. The van der Waals surface area contributed by atoms with Crippen LogP contribution in [0.1, 0.15) is 56.9 Å². The van der Waals surface area contributed by atoms with Gasteiger partial charge in [-0.15, -0.1) is 0 Å². The van der Waals surface area contributed by atoms with Crippen LogP contribution in [-0.4, -0.2) is 13.3 Å². The van der Waals surface area contributed by atoms with Gasteiger partial charge in [-0.2, -0.15) is 0 Å². The van der Waals surface area contributed by atoms with E-state index >= 15 is 0 Å². The molecular formula is C34H41NO2. The third kappa shape index (κ3) is 4.27. The number of rotatable bonds is 8. The molecule has 3 heteroatoms. The van der Waals surface area contributed by atoms with Gasteiger partial charge in [0.15, 0.2) is 0 Å². The summed E-state index contributed by atoms with van der Waals surface area (Å²) in [7, 11) is 0. The van der Waals surface area contributed by atoms with Crippen molar-refractivity contribution in [3.8, 4) is 0 Å². The highest BCUT2D eigenvalue weighted by Gasteiger charge is 2.59. The quantitative estimate of drug-likeness (QED) is 0.396. The zero-order chi connectivity index (χ0) is 26.3. The molecule has 1 saturated carbocycles. The van der Waals surface area contributed by atoms with Crippen molar-refractivity contribution in [2.45, 2.75) is 51.2 Å². The second-order valence-electron chi connectivity index (χ2n) is 11.5. The zero-order valence-corrected chi connectivity index (χ0v) is 22.9. The van der Waals surface area contributed by atoms with Crippen molar-refractivity contribution >= 4 is 0 Å². The summed E-state index contributed by atoms with van der Waals surface area (Å²) in [5.41, 5.74) is 9.82. The van der Waals surface area contributed by atoms with Crippen LogP contribution < -0.4 is 5.73 Å². The molecule has 3 aliphatic rings. The lowest BCUT2D eigenvalue weighted by molar-refractivity contribution is -0.0181. The van der Waals surface area contributed by atoms with E-state index in [0.717, 1.165) is 5.56 Å². The molecule has 3 aliphatic carbocycles. The first-order chi connectivity index (χ1) is 17.8. The highest BCUT2D eigenvalue weighted by Crippen LogP contribution is 2.62. The van der Waals surface area contributed by atoms with Crippen LogP contribution in [0.5, 0.6) is 0 Å². The van der Waals surface area contributed by atoms with Crippen LogP contribution in [0.2, 0.25) is 0 Å². The van der Waals surface area contributed by atoms with E-state index in [1.165, 1.54) is 16.7 Å². The predicted molar refractivity (Wildman–Crippen MR) is 152 cm³/mol. The summed E-state index contributed by atoms with van der Waals surface area (Å²) < 4.78 is 11.9. The van der Waals surface area contributed by atoms with Gasteiger partial charge in [0.25, 0.3) is 0 Å². The van der Waals surface area contributed by atoms with E-state index in [1.54, 1.807) is 0 Å². The molecule has 4 unspecified atom stereocenters. The molecule has 0 spiro atoms. The van der Waals surface area contributed by atoms with Crippen molar-refractivity contribution in [3.05, 3.63) is 119 Å². The highest BCUT2D eigenvalue weighted by atomic mass is 16.5. The monoisotopic (exact) mass is 495 g/mol. The molecule has 4 atom stereocenters. The van der Waals surface area contributed by atoms with Crippen molar-refractivity contribution in [1.82, 2.24) is 0 Å². The smallest absolute Gasteiger partial charge is 0.0952 e. The maximum absolute atomic E-state index is 6.07. The second-order valence-corrected chi connectivity index (χ2v) is 11.5. The van der Waals surface area contributed by atoms with Crippen molar-refractivity contribution in [3.63, 3.8) is 0 Å². The molecule has 37 heavy (non-hydrogen) atoms. The predicted octanol–water partition coefficient (Wildman–Crippen LogP) is 7.14. The normalized spacial score (nSPS) is 28.4. The summed E-state index contributed by atoms with van der Waals surface area (Å²) >= 11 is 0. The molecule has 0 aromatic heterocycles. The Balaban J connectivity index is 1.68. The van der Waals surface area contributed by atoms with Crippen LogP contribution in [-0.2, 0) is 26.1 Å². The van der Waals surface area contributed by atoms with E-state index in [1.807, 2.05) is 0 Å². The average molecular weight is 496 g/mol. The summed E-state index contributed by atoms with van der Waals surface area (Å²) in [5.74, 6) is 1.61. The van der Waals surface area contributed by atoms with Crippen LogP contribution in [0.4, 0.5) is 0 Å². The fourth-order valence-electron chi connectivity index (χ4n) is 7.08. The number of hydrogen-bond donors (Lipinski definition) is 1. The number of benzene rings is 2. The second kappa shape index (κ2) is 9.87. The molecule has 3 nitrogen and oxygen atoms in total. The average Bonchev–Trinajstić information content (AvgIpc) is 3.20. The van der Waals surface area contributed by atoms with Crippen molar-refractivity contribution in [2.24, 2.45) is 29.4 Å². The minimum atomic E-state index is -0.436. The third-order valence-corrected chi connectivity index (χ3v) is 8.92. The summed E-state index contributed by atoms with van der Waals surface area (Å²) in [5, 5.41) is 0. The number of ether oxygens (including phenoxy) is 2. The Bertz CT molecular complexity index is 1120. The third-order valence-electron chi connectivity index (χ3n) is 8.92. The van der Waals surface area contributed by atoms with Gasteiger partial charge in [0.2, 0.25) is 0 Å². The Labute approximate surface area is 222 Å². The first-order valence-electron chi connectivity index (χ1n) is 13.7. The standard InChI is InChI=1S/C34H41NO2/c1-6-36-32(2,3)24-15-19-26(20-16-24)34(27-21-17-25(18-22-27)33(4,5)37-23-35)30-13-9-7-11-28(30)29-12-8-10-14-31(29)34/h7-22,28-31H,6,23,35H2,1-5H3. The van der Waals surface area contributed by atoms with Gasteiger partial charge in [0, 0.05) is 12.0 Å². The van der Waals surface area contributed by atoms with Gasteiger partial charge < -0.3 is 15.2 Å². The zero-order valence-electron chi connectivity index (χ0n) is 22.9. The Hall–Kier alpha value is -2.72. The summed E-state index contributed by atoms with van der Waals surface area (Å²) in [6.45, 7) is 11.4. The molecule has 2 aromatic carbocycles. The van der Waals surface area contributed by atoms with Gasteiger partial charge >= 0.3 is 0 Å². The van der Waals surface area contributed by atoms with Crippen molar-refractivity contribution < 1.29 is 9.47 Å². The van der Waals surface area contributed by atoms with Gasteiger partial charge in [0.05, 0.1) is 17.9 Å². The fourth-order valence-corrected chi connectivity index (χ4v) is 7.08. The van der Waals surface area contributed by atoms with Crippen LogP contribution in [0, 0.1) is 23.7 Å². The van der Waals surface area contributed by atoms with Crippen LogP contribution in [0.15, 0.2) is 97.1 Å². The summed E-state index contributed by atoms with van der Waals surface area (Å²) in [6.07, 6.45) is 18.7. The van der Waals surface area contributed by atoms with Gasteiger partial charge in [-0.1, -0.05) is 97.1 Å². The molecule has 0 bridgehead atoms. The van der Waals surface area contributed by atoms with E-state index in [4.69, 9.17) is 15.2 Å². The molecule has 0 saturated heterocycles. The lowest BCUT2D eigenvalue weighted by Gasteiger charge is -2.42. The number of allylic oxidation sites excluding steroid dienone is 8. The van der Waals surface area contributed by atoms with E-state index in [2.05, 4.69) is 132 Å². The Morgan fingerprint density at radius 2 is 1.05 bits per heavy atom. The summed E-state index contributed by atoms with van der Waals surface area (Å²) in [4.78, 5) is 0. The van der Waals surface area contributed by atoms with Crippen LogP contribution in [0.3, 0.4) is 0 Å². The molecule has 0 aliphatic heterocycles. The Morgan fingerprint density at radius 3 is 1.46 bits per heavy atom. The van der Waals surface area contributed by atoms with E-state index in [9.17, 15) is 0 Å². The largest absolute Gasteiger partial charge is 0.371 e. The number of nitrogens with two attached hydrogens (primary N) is 1. The molecular weight excluding hydrogens is 454 g/mol. The number of fused-ring (bicyclic) bond motifs is 3. The minimum absolute atomic E-state index is 0.191. The van der Waals surface area contributed by atoms with Crippen molar-refractivity contribution in [1.29, 1.82) is 0 Å². The Kier molecular flexibility index (Phi) is 6.91. The Morgan fingerprint density at radius 1 is 0.649 bits per heavy atom. The van der Waals surface area contributed by atoms with Crippen molar-refractivity contribution in [2.75, 3.05) is 13.3 Å².